The molecule has 2 amide bonds. The standard InChI is InChI=1S/C20H23N3O3/c1-4-15-7-5-6-8-18(15)21-19(24)13-14(2)22-23-20(25)16-9-11-17(26-3)12-10-16/h5-12H,4,13H2,1-3H3,(H,21,24)(H,23,25). The Morgan fingerprint density at radius 1 is 1.08 bits per heavy atom. The Bertz CT molecular complexity index is 798. The van der Waals surface area contributed by atoms with Crippen LogP contribution in [0.4, 0.5) is 5.69 Å². The predicted molar refractivity (Wildman–Crippen MR) is 103 cm³/mol. The highest BCUT2D eigenvalue weighted by Crippen LogP contribution is 2.15. The minimum atomic E-state index is -0.344. The van der Waals surface area contributed by atoms with Crippen molar-refractivity contribution >= 4 is 23.2 Å². The first-order valence-electron chi connectivity index (χ1n) is 8.38. The molecule has 6 nitrogen and oxygen atoms in total. The fourth-order valence-corrected chi connectivity index (χ4v) is 2.37. The lowest BCUT2D eigenvalue weighted by molar-refractivity contribution is -0.115. The van der Waals surface area contributed by atoms with Crippen LogP contribution in [0.15, 0.2) is 53.6 Å². The molecule has 2 N–H and O–H groups in total. The molecule has 26 heavy (non-hydrogen) atoms. The van der Waals surface area contributed by atoms with Crippen molar-refractivity contribution in [2.24, 2.45) is 5.10 Å². The van der Waals surface area contributed by atoms with E-state index in [0.29, 0.717) is 17.0 Å². The number of hydrazone groups is 1. The number of nitrogens with zero attached hydrogens (tertiary/aromatic N) is 1. The first kappa shape index (κ1) is 19.2. The van der Waals surface area contributed by atoms with Crippen molar-refractivity contribution in [2.45, 2.75) is 26.7 Å². The van der Waals surface area contributed by atoms with Crippen molar-refractivity contribution in [2.75, 3.05) is 12.4 Å². The lowest BCUT2D eigenvalue weighted by atomic mass is 10.1. The number of para-hydroxylation sites is 1. The number of rotatable bonds is 7. The van der Waals surface area contributed by atoms with Gasteiger partial charge in [0, 0.05) is 17.0 Å². The largest absolute Gasteiger partial charge is 0.497 e. The van der Waals surface area contributed by atoms with E-state index in [1.54, 1.807) is 38.3 Å². The third kappa shape index (κ3) is 5.44. The molecule has 0 bridgehead atoms. The normalized spacial score (nSPS) is 11.0. The van der Waals surface area contributed by atoms with Crippen molar-refractivity contribution in [1.82, 2.24) is 5.43 Å². The molecule has 6 heteroatoms. The molecule has 136 valence electrons. The molecule has 0 atom stereocenters. The summed E-state index contributed by atoms with van der Waals surface area (Å²) in [6.07, 6.45) is 0.933. The molecular formula is C20H23N3O3. The summed E-state index contributed by atoms with van der Waals surface area (Å²) in [5, 5.41) is 6.87. The lowest BCUT2D eigenvalue weighted by Crippen LogP contribution is -2.21. The van der Waals surface area contributed by atoms with Gasteiger partial charge < -0.3 is 10.1 Å². The molecule has 0 aliphatic rings. The van der Waals surface area contributed by atoms with E-state index in [4.69, 9.17) is 4.74 Å². The molecule has 0 spiro atoms. The van der Waals surface area contributed by atoms with Gasteiger partial charge in [-0.15, -0.1) is 0 Å². The average molecular weight is 353 g/mol. The van der Waals surface area contributed by atoms with Crippen LogP contribution in [0.2, 0.25) is 0 Å². The minimum Gasteiger partial charge on any atom is -0.497 e. The molecule has 2 rings (SSSR count). The second kappa shape index (κ2) is 9.36. The Hall–Kier alpha value is -3.15. The van der Waals surface area contributed by atoms with Crippen LogP contribution in [0.25, 0.3) is 0 Å². The predicted octanol–water partition coefficient (Wildman–Crippen LogP) is 3.39. The minimum absolute atomic E-state index is 0.0982. The summed E-state index contributed by atoms with van der Waals surface area (Å²) in [7, 11) is 1.56. The van der Waals surface area contributed by atoms with Crippen LogP contribution in [0.5, 0.6) is 5.75 Å². The molecule has 0 radical (unpaired) electrons. The molecular weight excluding hydrogens is 330 g/mol. The molecule has 0 aromatic heterocycles. The van der Waals surface area contributed by atoms with Crippen LogP contribution in [0, 0.1) is 0 Å². The van der Waals surface area contributed by atoms with Gasteiger partial charge in [0.2, 0.25) is 5.91 Å². The smallest absolute Gasteiger partial charge is 0.271 e. The Labute approximate surface area is 153 Å². The highest BCUT2D eigenvalue weighted by atomic mass is 16.5. The molecule has 0 heterocycles. The van der Waals surface area contributed by atoms with Crippen molar-refractivity contribution < 1.29 is 14.3 Å². The van der Waals surface area contributed by atoms with Crippen molar-refractivity contribution in [3.63, 3.8) is 0 Å². The van der Waals surface area contributed by atoms with Gasteiger partial charge in [0.25, 0.3) is 5.91 Å². The van der Waals surface area contributed by atoms with Crippen LogP contribution in [-0.4, -0.2) is 24.6 Å². The van der Waals surface area contributed by atoms with Gasteiger partial charge in [-0.25, -0.2) is 5.43 Å². The van der Waals surface area contributed by atoms with Gasteiger partial charge in [-0.05, 0) is 49.2 Å². The highest BCUT2D eigenvalue weighted by Gasteiger charge is 2.08. The lowest BCUT2D eigenvalue weighted by Gasteiger charge is -2.09. The third-order valence-electron chi connectivity index (χ3n) is 3.79. The summed E-state index contributed by atoms with van der Waals surface area (Å²) in [5.74, 6) is 0.153. The number of hydrogen-bond donors (Lipinski definition) is 2. The number of hydrogen-bond acceptors (Lipinski definition) is 4. The van der Waals surface area contributed by atoms with Crippen molar-refractivity contribution in [1.29, 1.82) is 0 Å². The second-order valence-electron chi connectivity index (χ2n) is 5.75. The summed E-state index contributed by atoms with van der Waals surface area (Å²) in [4.78, 5) is 24.2. The molecule has 0 fully saturated rings. The molecule has 0 saturated heterocycles. The summed E-state index contributed by atoms with van der Waals surface area (Å²) >= 11 is 0. The molecule has 2 aromatic rings. The molecule has 0 saturated carbocycles. The fourth-order valence-electron chi connectivity index (χ4n) is 2.37. The number of ether oxygens (including phenoxy) is 1. The zero-order valence-corrected chi connectivity index (χ0v) is 15.2. The van der Waals surface area contributed by atoms with Crippen molar-refractivity contribution in [3.8, 4) is 5.75 Å². The average Bonchev–Trinajstić information content (AvgIpc) is 2.66. The summed E-state index contributed by atoms with van der Waals surface area (Å²) < 4.78 is 5.05. The van der Waals surface area contributed by atoms with Crippen LogP contribution >= 0.6 is 0 Å². The molecule has 0 aliphatic heterocycles. The molecule has 0 aliphatic carbocycles. The Morgan fingerprint density at radius 3 is 2.42 bits per heavy atom. The number of benzene rings is 2. The summed E-state index contributed by atoms with van der Waals surface area (Å²) in [5.41, 5.74) is 5.30. The number of aryl methyl sites for hydroxylation is 1. The van der Waals surface area contributed by atoms with Crippen LogP contribution in [-0.2, 0) is 11.2 Å². The van der Waals surface area contributed by atoms with E-state index in [2.05, 4.69) is 15.8 Å². The van der Waals surface area contributed by atoms with Gasteiger partial charge in [-0.1, -0.05) is 25.1 Å². The number of nitrogens with one attached hydrogen (secondary N) is 2. The number of methoxy groups -OCH3 is 1. The van der Waals surface area contributed by atoms with E-state index in [-0.39, 0.29) is 18.2 Å². The van der Waals surface area contributed by atoms with Crippen LogP contribution in [0.1, 0.15) is 36.2 Å². The van der Waals surface area contributed by atoms with Gasteiger partial charge in [-0.3, -0.25) is 9.59 Å². The van der Waals surface area contributed by atoms with E-state index >= 15 is 0 Å². The second-order valence-corrected chi connectivity index (χ2v) is 5.75. The van der Waals surface area contributed by atoms with Gasteiger partial charge >= 0.3 is 0 Å². The number of carbonyl (C=O) groups excluding carboxylic acids is 2. The van der Waals surface area contributed by atoms with Gasteiger partial charge in [0.1, 0.15) is 5.75 Å². The zero-order valence-electron chi connectivity index (χ0n) is 15.2. The van der Waals surface area contributed by atoms with Gasteiger partial charge in [0.15, 0.2) is 0 Å². The van der Waals surface area contributed by atoms with Crippen LogP contribution < -0.4 is 15.5 Å². The quantitative estimate of drug-likeness (QED) is 0.591. The van der Waals surface area contributed by atoms with Gasteiger partial charge in [0.05, 0.1) is 13.5 Å². The van der Waals surface area contributed by atoms with E-state index in [0.717, 1.165) is 17.7 Å². The van der Waals surface area contributed by atoms with E-state index in [9.17, 15) is 9.59 Å². The third-order valence-corrected chi connectivity index (χ3v) is 3.79. The Balaban J connectivity index is 1.90. The van der Waals surface area contributed by atoms with Gasteiger partial charge in [-0.2, -0.15) is 5.10 Å². The topological polar surface area (TPSA) is 79.8 Å². The Morgan fingerprint density at radius 2 is 1.77 bits per heavy atom. The first-order chi connectivity index (χ1) is 12.5. The van der Waals surface area contributed by atoms with Crippen molar-refractivity contribution in [3.05, 3.63) is 59.7 Å². The first-order valence-corrected chi connectivity index (χ1v) is 8.38. The Kier molecular flexibility index (Phi) is 6.91. The summed E-state index contributed by atoms with van der Waals surface area (Å²) in [6.45, 7) is 3.73. The monoisotopic (exact) mass is 353 g/mol. The molecule has 2 aromatic carbocycles. The van der Waals surface area contributed by atoms with E-state index in [1.165, 1.54) is 0 Å². The number of anilines is 1. The SMILES string of the molecule is CCc1ccccc1NC(=O)CC(C)=NNC(=O)c1ccc(OC)cc1. The van der Waals surface area contributed by atoms with E-state index < -0.39 is 0 Å². The van der Waals surface area contributed by atoms with Crippen LogP contribution in [0.3, 0.4) is 0 Å². The highest BCUT2D eigenvalue weighted by molar-refractivity contribution is 6.06. The fraction of sp³-hybridized carbons (Fsp3) is 0.250. The zero-order chi connectivity index (χ0) is 18.9. The maximum Gasteiger partial charge on any atom is 0.271 e. The maximum atomic E-state index is 12.2. The number of amides is 2. The summed E-state index contributed by atoms with van der Waals surface area (Å²) in [6, 6.07) is 14.4. The molecule has 0 unspecified atom stereocenters. The maximum absolute atomic E-state index is 12.2. The van der Waals surface area contributed by atoms with E-state index in [1.807, 2.05) is 31.2 Å². The number of carbonyl (C=O) groups is 2.